The van der Waals surface area contributed by atoms with Crippen LogP contribution in [0.1, 0.15) is 0 Å². The topological polar surface area (TPSA) is 18.5 Å². The van der Waals surface area contributed by atoms with Crippen LogP contribution in [-0.4, -0.2) is 49.3 Å². The van der Waals surface area contributed by atoms with Crippen molar-refractivity contribution in [2.24, 2.45) is 0 Å². The van der Waals surface area contributed by atoms with E-state index < -0.39 is 0 Å². The zero-order chi connectivity index (χ0) is 9.02. The Morgan fingerprint density at radius 2 is 1.09 bits per heavy atom. The van der Waals surface area contributed by atoms with Crippen molar-refractivity contribution in [2.45, 2.75) is 0 Å². The van der Waals surface area contributed by atoms with Gasteiger partial charge in [0.1, 0.15) is 0 Å². The van der Waals surface area contributed by atoms with Crippen LogP contribution in [0.3, 0.4) is 0 Å². The van der Waals surface area contributed by atoms with E-state index in [1.807, 2.05) is 0 Å². The van der Waals surface area contributed by atoms with Crippen molar-refractivity contribution in [3.8, 4) is 0 Å². The van der Waals surface area contributed by atoms with Crippen LogP contribution in [0.15, 0.2) is 0 Å². The molecule has 0 heterocycles. The fourth-order valence-electron chi connectivity index (χ4n) is 0.388. The van der Waals surface area contributed by atoms with Gasteiger partial charge in [0.25, 0.3) is 0 Å². The Kier molecular flexibility index (Phi) is 5.54. The van der Waals surface area contributed by atoms with Crippen molar-refractivity contribution in [2.75, 3.05) is 40.7 Å². The minimum atomic E-state index is -0.141. The molecule has 0 saturated heterocycles. The highest BCUT2D eigenvalue weighted by molar-refractivity contribution is 8.27. The number of rotatable bonds is 4. The van der Waals surface area contributed by atoms with Gasteiger partial charge in [0.2, 0.25) is 0 Å². The van der Waals surface area contributed by atoms with E-state index >= 15 is 0 Å². The van der Waals surface area contributed by atoms with E-state index in [-0.39, 0.29) is 22.5 Å². The lowest BCUT2D eigenvalue weighted by molar-refractivity contribution is 0.679. The third-order valence-corrected chi connectivity index (χ3v) is 6.20. The van der Waals surface area contributed by atoms with E-state index in [2.05, 4.69) is 53.4 Å². The maximum absolute atomic E-state index is 3.56. The lowest BCUT2D eigenvalue weighted by atomic mass is 11.3. The van der Waals surface area contributed by atoms with E-state index in [1.54, 1.807) is 0 Å². The highest BCUT2D eigenvalue weighted by Gasteiger charge is 2.02. The van der Waals surface area contributed by atoms with Crippen LogP contribution in [0.25, 0.3) is 0 Å². The summed E-state index contributed by atoms with van der Waals surface area (Å²) in [5.41, 5.74) is 0. The number of hydrogen-bond donors (Lipinski definition) is 3. The molecular weight excluding hydrogens is 178 g/mol. The Hall–Kier alpha value is 0.580. The minimum Gasteiger partial charge on any atom is -0.264 e. The first-order valence-electron chi connectivity index (χ1n) is 3.53. The molecule has 0 aliphatic carbocycles. The van der Waals surface area contributed by atoms with E-state index in [4.69, 9.17) is 0 Å². The predicted octanol–water partition coefficient (Wildman–Crippen LogP) is 0.621. The second-order valence-corrected chi connectivity index (χ2v) is 7.34. The molecule has 2 atom stereocenters. The van der Waals surface area contributed by atoms with Crippen molar-refractivity contribution in [1.29, 1.82) is 0 Å². The monoisotopic (exact) mass is 199 g/mol. The first-order chi connectivity index (χ1) is 4.95. The van der Waals surface area contributed by atoms with Crippen molar-refractivity contribution in [1.82, 2.24) is 12.7 Å². The minimum absolute atomic E-state index is 0.141. The Labute approximate surface area is 76.4 Å². The average Bonchev–Trinajstić information content (AvgIpc) is 1.87. The predicted molar refractivity (Wildman–Crippen MR) is 60.3 cm³/mol. The lowest BCUT2D eigenvalue weighted by Crippen LogP contribution is -2.23. The summed E-state index contributed by atoms with van der Waals surface area (Å²) in [6.45, 7) is 0. The summed E-state index contributed by atoms with van der Waals surface area (Å²) in [5, 5.41) is 0. The maximum Gasteiger partial charge on any atom is -0.00345 e. The van der Waals surface area contributed by atoms with Gasteiger partial charge in [-0.05, 0) is 40.7 Å². The molecule has 0 aromatic carbocycles. The first-order valence-corrected chi connectivity index (χ1v) is 7.01. The van der Waals surface area contributed by atoms with Crippen LogP contribution in [0.2, 0.25) is 0 Å². The zero-order valence-corrected chi connectivity index (χ0v) is 10.1. The van der Waals surface area contributed by atoms with Gasteiger partial charge in [0.15, 0.2) is 0 Å². The van der Waals surface area contributed by atoms with Crippen molar-refractivity contribution < 1.29 is 0 Å². The van der Waals surface area contributed by atoms with Gasteiger partial charge >= 0.3 is 0 Å². The quantitative estimate of drug-likeness (QED) is 0.577. The fourth-order valence-corrected chi connectivity index (χ4v) is 3.49. The SMILES string of the molecule is CN(C)[SH](C)N[SH](C)N(C)C. The second-order valence-electron chi connectivity index (χ2n) is 2.84. The molecule has 11 heavy (non-hydrogen) atoms. The Balaban J connectivity index is 3.66. The molecule has 0 radical (unpaired) electrons. The van der Waals surface area contributed by atoms with Gasteiger partial charge in [0, 0.05) is 0 Å². The van der Waals surface area contributed by atoms with Gasteiger partial charge in [-0.1, -0.05) is 0 Å². The fraction of sp³-hybridized carbons (Fsp3) is 1.00. The maximum atomic E-state index is 3.56. The molecular formula is C6H21N3S2. The molecule has 0 rings (SSSR count). The van der Waals surface area contributed by atoms with E-state index in [0.717, 1.165) is 0 Å². The average molecular weight is 199 g/mol. The van der Waals surface area contributed by atoms with Crippen molar-refractivity contribution in [3.05, 3.63) is 0 Å². The van der Waals surface area contributed by atoms with Crippen LogP contribution in [0, 0.1) is 0 Å². The molecule has 0 amide bonds. The van der Waals surface area contributed by atoms with E-state index in [9.17, 15) is 0 Å². The Morgan fingerprint density at radius 1 is 0.818 bits per heavy atom. The molecule has 0 aromatic heterocycles. The molecule has 72 valence electrons. The van der Waals surface area contributed by atoms with Crippen LogP contribution in [0.5, 0.6) is 0 Å². The molecule has 0 aliphatic rings. The summed E-state index contributed by atoms with van der Waals surface area (Å²) in [6, 6.07) is 0. The number of thiol groups is 2. The van der Waals surface area contributed by atoms with Gasteiger partial charge in [-0.25, -0.2) is 4.13 Å². The van der Waals surface area contributed by atoms with Crippen molar-refractivity contribution in [3.63, 3.8) is 0 Å². The summed E-state index contributed by atoms with van der Waals surface area (Å²) in [7, 11) is 8.43. The standard InChI is InChI=1S/C6H21N3S2/c1-8(2)10(5)7-11(6)9(3)4/h7,10-11H,1-6H3. The number of nitrogens with one attached hydrogen (secondary N) is 1. The smallest absolute Gasteiger partial charge is 0.00345 e. The van der Waals surface area contributed by atoms with Crippen LogP contribution in [0.4, 0.5) is 0 Å². The molecule has 0 aromatic rings. The second kappa shape index (κ2) is 5.27. The third kappa shape index (κ3) is 4.92. The Bertz CT molecular complexity index is 96.0. The summed E-state index contributed by atoms with van der Waals surface area (Å²) in [6.07, 6.45) is 4.47. The molecule has 0 saturated carbocycles. The van der Waals surface area contributed by atoms with E-state index in [0.29, 0.717) is 0 Å². The van der Waals surface area contributed by atoms with Gasteiger partial charge in [-0.2, -0.15) is 0 Å². The number of hydrogen-bond acceptors (Lipinski definition) is 3. The van der Waals surface area contributed by atoms with Gasteiger partial charge < -0.3 is 0 Å². The highest BCUT2D eigenvalue weighted by Crippen LogP contribution is 2.28. The Morgan fingerprint density at radius 3 is 1.27 bits per heavy atom. The molecule has 0 bridgehead atoms. The lowest BCUT2D eigenvalue weighted by Gasteiger charge is -2.34. The third-order valence-electron chi connectivity index (χ3n) is 1.49. The van der Waals surface area contributed by atoms with Crippen LogP contribution in [-0.2, 0) is 0 Å². The largest absolute Gasteiger partial charge is 0.264 e. The van der Waals surface area contributed by atoms with Crippen LogP contribution >= 0.6 is 22.5 Å². The normalized spacial score (nSPS) is 20.7. The number of nitrogens with zero attached hydrogens (tertiary/aromatic N) is 2. The molecule has 5 heteroatoms. The molecule has 0 aliphatic heterocycles. The van der Waals surface area contributed by atoms with Crippen LogP contribution < -0.4 is 4.13 Å². The first kappa shape index (κ1) is 11.6. The molecule has 3 nitrogen and oxygen atoms in total. The summed E-state index contributed by atoms with van der Waals surface area (Å²) >= 11 is -0.282. The summed E-state index contributed by atoms with van der Waals surface area (Å²) < 4.78 is 8.03. The zero-order valence-electron chi connectivity index (χ0n) is 8.29. The van der Waals surface area contributed by atoms with Crippen molar-refractivity contribution >= 4 is 22.5 Å². The summed E-state index contributed by atoms with van der Waals surface area (Å²) in [5.74, 6) is 0. The molecule has 2 unspecified atom stereocenters. The highest BCUT2D eigenvalue weighted by atomic mass is 32.3. The summed E-state index contributed by atoms with van der Waals surface area (Å²) in [4.78, 5) is 0. The van der Waals surface area contributed by atoms with Gasteiger partial charge in [-0.15, -0.1) is 22.5 Å². The molecule has 1 N–H and O–H groups in total. The molecule has 0 fully saturated rings. The van der Waals surface area contributed by atoms with Gasteiger partial charge in [-0.3, -0.25) is 8.61 Å². The van der Waals surface area contributed by atoms with Gasteiger partial charge in [0.05, 0.1) is 0 Å². The molecule has 0 spiro atoms. The van der Waals surface area contributed by atoms with E-state index in [1.165, 1.54) is 0 Å².